The molecule has 2 aliphatic carbocycles. The van der Waals surface area contributed by atoms with E-state index in [0.29, 0.717) is 0 Å². The van der Waals surface area contributed by atoms with E-state index in [2.05, 4.69) is 21.2 Å². The van der Waals surface area contributed by atoms with E-state index in [4.69, 9.17) is 0 Å². The van der Waals surface area contributed by atoms with Gasteiger partial charge in [-0.3, -0.25) is 0 Å². The predicted octanol–water partition coefficient (Wildman–Crippen LogP) is 3.07. The van der Waals surface area contributed by atoms with Crippen LogP contribution < -0.4 is 5.32 Å². The largest absolute Gasteiger partial charge is 0.334 e. The molecule has 1 saturated carbocycles. The fourth-order valence-corrected chi connectivity index (χ4v) is 3.59. The van der Waals surface area contributed by atoms with Gasteiger partial charge in [-0.2, -0.15) is 0 Å². The highest BCUT2D eigenvalue weighted by Gasteiger charge is 2.15. The number of rotatable bonds is 5. The standard InChI is InChI=1S/C16H27N3/c1-2-7-14(8-3-1)17-11-6-12-19-13-18-15-9-4-5-10-16(15)19/h13-14,17H,1-12H2. The summed E-state index contributed by atoms with van der Waals surface area (Å²) in [5.74, 6) is 0. The molecule has 1 N–H and O–H groups in total. The van der Waals surface area contributed by atoms with E-state index >= 15 is 0 Å². The number of hydrogen-bond donors (Lipinski definition) is 1. The number of aryl methyl sites for hydroxylation is 2. The molecule has 19 heavy (non-hydrogen) atoms. The third-order valence-electron chi connectivity index (χ3n) is 4.72. The van der Waals surface area contributed by atoms with Crippen molar-refractivity contribution >= 4 is 0 Å². The highest BCUT2D eigenvalue weighted by Crippen LogP contribution is 2.20. The average molecular weight is 261 g/mol. The van der Waals surface area contributed by atoms with E-state index in [1.165, 1.54) is 75.6 Å². The van der Waals surface area contributed by atoms with Crippen molar-refractivity contribution in [2.45, 2.75) is 76.8 Å². The Balaban J connectivity index is 1.41. The van der Waals surface area contributed by atoms with Crippen molar-refractivity contribution in [1.82, 2.24) is 14.9 Å². The fourth-order valence-electron chi connectivity index (χ4n) is 3.59. The second kappa shape index (κ2) is 6.56. The molecule has 0 bridgehead atoms. The van der Waals surface area contributed by atoms with Crippen LogP contribution in [0.5, 0.6) is 0 Å². The zero-order chi connectivity index (χ0) is 12.9. The average Bonchev–Trinajstić information content (AvgIpc) is 2.88. The maximum absolute atomic E-state index is 4.57. The summed E-state index contributed by atoms with van der Waals surface area (Å²) in [5, 5.41) is 3.73. The SMILES string of the molecule is c1nc2c(n1CCCNC1CCCCC1)CCCC2. The number of hydrogen-bond acceptors (Lipinski definition) is 2. The monoisotopic (exact) mass is 261 g/mol. The summed E-state index contributed by atoms with van der Waals surface area (Å²) in [6.45, 7) is 2.31. The summed E-state index contributed by atoms with van der Waals surface area (Å²) in [4.78, 5) is 4.57. The third-order valence-corrected chi connectivity index (χ3v) is 4.72. The van der Waals surface area contributed by atoms with Gasteiger partial charge < -0.3 is 9.88 Å². The van der Waals surface area contributed by atoms with Crippen molar-refractivity contribution in [3.63, 3.8) is 0 Å². The summed E-state index contributed by atoms with van der Waals surface area (Å²) in [6.07, 6.45) is 15.5. The minimum Gasteiger partial charge on any atom is -0.334 e. The summed E-state index contributed by atoms with van der Waals surface area (Å²) >= 11 is 0. The van der Waals surface area contributed by atoms with E-state index in [0.717, 1.165) is 19.1 Å². The molecule has 0 amide bonds. The van der Waals surface area contributed by atoms with Crippen LogP contribution in [-0.4, -0.2) is 22.1 Å². The zero-order valence-electron chi connectivity index (χ0n) is 12.0. The Morgan fingerprint density at radius 3 is 2.84 bits per heavy atom. The van der Waals surface area contributed by atoms with Crippen LogP contribution in [0.4, 0.5) is 0 Å². The van der Waals surface area contributed by atoms with Crippen LogP contribution in [0, 0.1) is 0 Å². The number of nitrogens with one attached hydrogen (secondary N) is 1. The Morgan fingerprint density at radius 1 is 1.11 bits per heavy atom. The highest BCUT2D eigenvalue weighted by atomic mass is 15.1. The molecule has 106 valence electrons. The van der Waals surface area contributed by atoms with Gasteiger partial charge in [-0.25, -0.2) is 4.98 Å². The maximum atomic E-state index is 4.57. The highest BCUT2D eigenvalue weighted by molar-refractivity contribution is 5.16. The predicted molar refractivity (Wildman–Crippen MR) is 78.4 cm³/mol. The van der Waals surface area contributed by atoms with Gasteiger partial charge in [0.2, 0.25) is 0 Å². The van der Waals surface area contributed by atoms with Gasteiger partial charge in [0.05, 0.1) is 12.0 Å². The molecule has 3 heteroatoms. The van der Waals surface area contributed by atoms with Crippen molar-refractivity contribution in [3.05, 3.63) is 17.7 Å². The van der Waals surface area contributed by atoms with Gasteiger partial charge >= 0.3 is 0 Å². The second-order valence-electron chi connectivity index (χ2n) is 6.18. The molecule has 1 fully saturated rings. The van der Waals surface area contributed by atoms with Crippen molar-refractivity contribution in [3.8, 4) is 0 Å². The van der Waals surface area contributed by atoms with Gasteiger partial charge in [-0.15, -0.1) is 0 Å². The van der Waals surface area contributed by atoms with Gasteiger partial charge in [0.25, 0.3) is 0 Å². The third kappa shape index (κ3) is 3.38. The summed E-state index contributed by atoms with van der Waals surface area (Å²) in [7, 11) is 0. The first-order valence-electron chi connectivity index (χ1n) is 8.20. The minimum absolute atomic E-state index is 0.797. The van der Waals surface area contributed by atoms with Gasteiger partial charge in [0, 0.05) is 18.3 Å². The Morgan fingerprint density at radius 2 is 1.95 bits per heavy atom. The van der Waals surface area contributed by atoms with Crippen LogP contribution in [0.2, 0.25) is 0 Å². The zero-order valence-corrected chi connectivity index (χ0v) is 12.0. The van der Waals surface area contributed by atoms with E-state index < -0.39 is 0 Å². The Bertz CT molecular complexity index is 391. The van der Waals surface area contributed by atoms with Gasteiger partial charge in [-0.05, 0) is 51.5 Å². The number of nitrogens with zero attached hydrogens (tertiary/aromatic N) is 2. The molecule has 0 atom stereocenters. The minimum atomic E-state index is 0.797. The number of aromatic nitrogens is 2. The molecule has 0 saturated heterocycles. The smallest absolute Gasteiger partial charge is 0.0951 e. The lowest BCUT2D eigenvalue weighted by Gasteiger charge is -2.23. The maximum Gasteiger partial charge on any atom is 0.0951 e. The summed E-state index contributed by atoms with van der Waals surface area (Å²) in [6, 6.07) is 0.797. The van der Waals surface area contributed by atoms with Gasteiger partial charge in [-0.1, -0.05) is 19.3 Å². The van der Waals surface area contributed by atoms with Crippen molar-refractivity contribution in [2.75, 3.05) is 6.54 Å². The number of imidazole rings is 1. The molecule has 0 radical (unpaired) electrons. The van der Waals surface area contributed by atoms with Crippen molar-refractivity contribution < 1.29 is 0 Å². The van der Waals surface area contributed by atoms with Crippen LogP contribution in [0.3, 0.4) is 0 Å². The van der Waals surface area contributed by atoms with E-state index in [9.17, 15) is 0 Å². The summed E-state index contributed by atoms with van der Waals surface area (Å²) in [5.41, 5.74) is 2.88. The molecule has 0 spiro atoms. The number of fused-ring (bicyclic) bond motifs is 1. The second-order valence-corrected chi connectivity index (χ2v) is 6.18. The molecule has 1 aromatic heterocycles. The molecular formula is C16H27N3. The van der Waals surface area contributed by atoms with Crippen LogP contribution in [0.25, 0.3) is 0 Å². The Kier molecular flexibility index (Phi) is 4.54. The molecular weight excluding hydrogens is 234 g/mol. The van der Waals surface area contributed by atoms with Gasteiger partial charge in [0.1, 0.15) is 0 Å². The molecule has 3 nitrogen and oxygen atoms in total. The van der Waals surface area contributed by atoms with Crippen LogP contribution in [0.1, 0.15) is 62.8 Å². The lowest BCUT2D eigenvalue weighted by atomic mass is 9.95. The first-order valence-corrected chi connectivity index (χ1v) is 8.20. The Hall–Kier alpha value is -0.830. The lowest BCUT2D eigenvalue weighted by molar-refractivity contribution is 0.368. The molecule has 1 heterocycles. The van der Waals surface area contributed by atoms with Crippen LogP contribution >= 0.6 is 0 Å². The lowest BCUT2D eigenvalue weighted by Crippen LogP contribution is -2.32. The first-order chi connectivity index (χ1) is 9.43. The van der Waals surface area contributed by atoms with Crippen LogP contribution in [0.15, 0.2) is 6.33 Å². The quantitative estimate of drug-likeness (QED) is 0.826. The van der Waals surface area contributed by atoms with E-state index in [1.807, 2.05) is 0 Å². The molecule has 0 aromatic carbocycles. The molecule has 1 aromatic rings. The van der Waals surface area contributed by atoms with Crippen molar-refractivity contribution in [2.24, 2.45) is 0 Å². The molecule has 3 rings (SSSR count). The van der Waals surface area contributed by atoms with E-state index in [-0.39, 0.29) is 0 Å². The topological polar surface area (TPSA) is 29.9 Å². The normalized spacial score (nSPS) is 20.4. The molecule has 0 aliphatic heterocycles. The fraction of sp³-hybridized carbons (Fsp3) is 0.812. The van der Waals surface area contributed by atoms with Crippen molar-refractivity contribution in [1.29, 1.82) is 0 Å². The van der Waals surface area contributed by atoms with E-state index in [1.54, 1.807) is 0 Å². The first kappa shape index (κ1) is 13.2. The summed E-state index contributed by atoms with van der Waals surface area (Å²) < 4.78 is 2.40. The molecule has 0 unspecified atom stereocenters. The Labute approximate surface area is 116 Å². The van der Waals surface area contributed by atoms with Gasteiger partial charge in [0.15, 0.2) is 0 Å². The van der Waals surface area contributed by atoms with Crippen LogP contribution in [-0.2, 0) is 19.4 Å². The molecule has 2 aliphatic rings.